The molecule has 0 atom stereocenters. The normalized spacial score (nSPS) is 13.6. The number of rotatable bonds is 9. The van der Waals surface area contributed by atoms with Crippen molar-refractivity contribution >= 4 is 11.6 Å². The zero-order valence-electron chi connectivity index (χ0n) is 20.7. The van der Waals surface area contributed by atoms with E-state index in [0.717, 1.165) is 45.8 Å². The predicted molar refractivity (Wildman–Crippen MR) is 134 cm³/mol. The number of likely N-dealkylation sites (N-methyl/N-ethyl adjacent to an activating group) is 1. The molecule has 1 aliphatic rings. The highest BCUT2D eigenvalue weighted by molar-refractivity contribution is 6.31. The first-order valence-corrected chi connectivity index (χ1v) is 12.1. The third kappa shape index (κ3) is 9.97. The Morgan fingerprint density at radius 2 is 1.66 bits per heavy atom. The lowest BCUT2D eigenvalue weighted by Gasteiger charge is -2.25. The molecule has 0 spiro atoms. The summed E-state index contributed by atoms with van der Waals surface area (Å²) in [5.74, 6) is -0.248. The zero-order chi connectivity index (χ0) is 23.9. The molecule has 4 nitrogen and oxygen atoms in total. The number of nitrogens with zero attached hydrogens (tertiary/aromatic N) is 3. The number of halogens is 2. The van der Waals surface area contributed by atoms with Crippen molar-refractivity contribution in [3.63, 3.8) is 0 Å². The maximum Gasteiger partial charge on any atom is 0.129 e. The molecule has 1 fully saturated rings. The molecule has 1 heterocycles. The summed E-state index contributed by atoms with van der Waals surface area (Å²) < 4.78 is 14.3. The smallest absolute Gasteiger partial charge is 0.129 e. The van der Waals surface area contributed by atoms with E-state index in [4.69, 9.17) is 16.4 Å². The molecule has 3 rings (SSSR count). The van der Waals surface area contributed by atoms with Gasteiger partial charge < -0.3 is 4.90 Å². The minimum Gasteiger partial charge on any atom is -0.308 e. The lowest BCUT2D eigenvalue weighted by Crippen LogP contribution is -2.31. The van der Waals surface area contributed by atoms with Crippen molar-refractivity contribution in [2.24, 2.45) is 0 Å². The summed E-state index contributed by atoms with van der Waals surface area (Å²) in [4.78, 5) is 9.99. The molecule has 1 saturated heterocycles. The summed E-state index contributed by atoms with van der Waals surface area (Å²) >= 11 is 6.26. The Bertz CT molecular complexity index is 746. The van der Waals surface area contributed by atoms with Crippen LogP contribution in [0.1, 0.15) is 50.8 Å². The molecule has 0 radical (unpaired) electrons. The van der Waals surface area contributed by atoms with Crippen LogP contribution < -0.4 is 0 Å². The topological polar surface area (TPSA) is 19.0 Å². The molecule has 0 aromatic heterocycles. The Labute approximate surface area is 199 Å². The van der Waals surface area contributed by atoms with Crippen molar-refractivity contribution in [2.45, 2.75) is 53.8 Å². The Kier molecular flexibility index (Phi) is 14.4. The molecule has 32 heavy (non-hydrogen) atoms. The quantitative estimate of drug-likeness (QED) is 0.436. The fourth-order valence-electron chi connectivity index (χ4n) is 3.37. The first kappa shape index (κ1) is 28.5. The highest BCUT2D eigenvalue weighted by Gasteiger charge is 2.15. The van der Waals surface area contributed by atoms with Gasteiger partial charge in [0, 0.05) is 49.9 Å². The summed E-state index contributed by atoms with van der Waals surface area (Å²) in [6.07, 6.45) is 1.08. The predicted octanol–water partition coefficient (Wildman–Crippen LogP) is 6.23. The lowest BCUT2D eigenvalue weighted by molar-refractivity contribution is -0.117. The van der Waals surface area contributed by atoms with Crippen molar-refractivity contribution in [2.75, 3.05) is 40.3 Å². The van der Waals surface area contributed by atoms with Gasteiger partial charge in [0.15, 0.2) is 0 Å². The van der Waals surface area contributed by atoms with Gasteiger partial charge in [-0.2, -0.15) is 5.06 Å². The molecule has 180 valence electrons. The van der Waals surface area contributed by atoms with E-state index in [1.807, 2.05) is 46.9 Å². The van der Waals surface area contributed by atoms with Crippen LogP contribution in [0.2, 0.25) is 5.02 Å². The highest BCUT2D eigenvalue weighted by atomic mass is 35.5. The van der Waals surface area contributed by atoms with Crippen LogP contribution >= 0.6 is 11.6 Å². The molecule has 0 saturated carbocycles. The van der Waals surface area contributed by atoms with Gasteiger partial charge in [-0.15, -0.1) is 0 Å². The van der Waals surface area contributed by atoms with Gasteiger partial charge in [-0.25, -0.2) is 4.39 Å². The molecule has 0 amide bonds. The van der Waals surface area contributed by atoms with Gasteiger partial charge in [0.1, 0.15) is 5.82 Å². The van der Waals surface area contributed by atoms with Crippen LogP contribution in [-0.4, -0.2) is 55.2 Å². The number of hydrogen-bond donors (Lipinski definition) is 0. The molecular weight excluding hydrogens is 425 g/mol. The van der Waals surface area contributed by atoms with Crippen molar-refractivity contribution in [3.8, 4) is 0 Å². The van der Waals surface area contributed by atoms with Crippen molar-refractivity contribution in [1.29, 1.82) is 0 Å². The molecule has 0 unspecified atom stereocenters. The Morgan fingerprint density at radius 1 is 0.969 bits per heavy atom. The van der Waals surface area contributed by atoms with E-state index < -0.39 is 0 Å². The maximum atomic E-state index is 14.3. The Balaban J connectivity index is 0.00000121. The highest BCUT2D eigenvalue weighted by Crippen LogP contribution is 2.22. The van der Waals surface area contributed by atoms with Gasteiger partial charge in [0.25, 0.3) is 0 Å². The number of benzene rings is 2. The van der Waals surface area contributed by atoms with E-state index in [1.54, 1.807) is 12.1 Å². The Hall–Kier alpha value is -1.50. The lowest BCUT2D eigenvalue weighted by atomic mass is 10.1. The first-order valence-electron chi connectivity index (χ1n) is 11.8. The second-order valence-electron chi connectivity index (χ2n) is 7.58. The summed E-state index contributed by atoms with van der Waals surface area (Å²) in [6.45, 7) is 13.5. The largest absolute Gasteiger partial charge is 0.308 e. The summed E-state index contributed by atoms with van der Waals surface area (Å²) in [5.41, 5.74) is 3.00. The van der Waals surface area contributed by atoms with Gasteiger partial charge in [-0.1, -0.05) is 69.6 Å². The fraction of sp³-hybridized carbons (Fsp3) is 0.538. The summed E-state index contributed by atoms with van der Waals surface area (Å²) in [6, 6.07) is 13.4. The van der Waals surface area contributed by atoms with Gasteiger partial charge in [-0.3, -0.25) is 9.74 Å². The first-order chi connectivity index (χ1) is 15.5. The Morgan fingerprint density at radius 3 is 2.28 bits per heavy atom. The van der Waals surface area contributed by atoms with Crippen molar-refractivity contribution < 1.29 is 9.23 Å². The van der Waals surface area contributed by atoms with E-state index in [-0.39, 0.29) is 5.82 Å². The van der Waals surface area contributed by atoms with Crippen LogP contribution in [0.5, 0.6) is 0 Å². The van der Waals surface area contributed by atoms with Crippen LogP contribution in [0.4, 0.5) is 4.39 Å². The third-order valence-corrected chi connectivity index (χ3v) is 5.24. The van der Waals surface area contributed by atoms with E-state index >= 15 is 0 Å². The number of hydroxylamine groups is 2. The monoisotopic (exact) mass is 465 g/mol. The van der Waals surface area contributed by atoms with Crippen LogP contribution in [0.3, 0.4) is 0 Å². The van der Waals surface area contributed by atoms with Crippen LogP contribution in [0, 0.1) is 5.82 Å². The van der Waals surface area contributed by atoms with Crippen molar-refractivity contribution in [3.05, 3.63) is 70.0 Å². The van der Waals surface area contributed by atoms with Crippen molar-refractivity contribution in [1.82, 2.24) is 14.9 Å². The van der Waals surface area contributed by atoms with Gasteiger partial charge in [-0.05, 0) is 43.8 Å². The molecule has 2 aromatic rings. The minimum absolute atomic E-state index is 0.248. The van der Waals surface area contributed by atoms with E-state index in [9.17, 15) is 4.39 Å². The van der Waals surface area contributed by atoms with Crippen LogP contribution in [0.25, 0.3) is 0 Å². The molecule has 0 N–H and O–H groups in total. The fourth-order valence-corrected chi connectivity index (χ4v) is 3.60. The minimum atomic E-state index is -0.248. The van der Waals surface area contributed by atoms with Gasteiger partial charge in [0.2, 0.25) is 0 Å². The second-order valence-corrected chi connectivity index (χ2v) is 7.99. The average Bonchev–Trinajstić information content (AvgIpc) is 3.30. The molecule has 1 aliphatic heterocycles. The second kappa shape index (κ2) is 16.2. The summed E-state index contributed by atoms with van der Waals surface area (Å²) in [5, 5.41) is 2.50. The van der Waals surface area contributed by atoms with E-state index in [0.29, 0.717) is 17.1 Å². The molecule has 0 bridgehead atoms. The third-order valence-electron chi connectivity index (χ3n) is 4.89. The average molecular weight is 466 g/mol. The van der Waals surface area contributed by atoms with E-state index in [1.165, 1.54) is 17.2 Å². The summed E-state index contributed by atoms with van der Waals surface area (Å²) in [7, 11) is 4.09. The molecule has 2 aromatic carbocycles. The van der Waals surface area contributed by atoms with Gasteiger partial charge in [0.05, 0.1) is 6.61 Å². The number of hydrogen-bond acceptors (Lipinski definition) is 4. The molecular formula is C26H41ClFN3O. The SMILES string of the molecule is CC.CC.CN(C)CCN(Cc1cccc(CN2CCCO2)c1)Cc1c(F)cccc1Cl. The maximum absolute atomic E-state index is 14.3. The molecule has 0 aliphatic carbocycles. The van der Waals surface area contributed by atoms with Crippen LogP contribution in [0.15, 0.2) is 42.5 Å². The standard InChI is InChI=1S/C22H29ClFN3O.2C2H6/c1-25(2)11-12-26(17-20-21(23)8-4-9-22(20)24)15-18-6-3-7-19(14-18)16-27-10-5-13-28-27;2*1-2/h3-4,6-9,14H,5,10-13,15-17H2,1-2H3;2*1-2H3. The van der Waals surface area contributed by atoms with Crippen LogP contribution in [-0.2, 0) is 24.5 Å². The van der Waals surface area contributed by atoms with E-state index in [2.05, 4.69) is 34.1 Å². The molecule has 6 heteroatoms. The van der Waals surface area contributed by atoms with Gasteiger partial charge >= 0.3 is 0 Å². The zero-order valence-corrected chi connectivity index (χ0v) is 21.5.